The summed E-state index contributed by atoms with van der Waals surface area (Å²) >= 11 is 0. The van der Waals surface area contributed by atoms with E-state index in [1.54, 1.807) is 6.08 Å². The third-order valence-corrected chi connectivity index (χ3v) is 8.28. The van der Waals surface area contributed by atoms with Crippen molar-refractivity contribution in [2.24, 2.45) is 28.6 Å². The molecule has 4 unspecified atom stereocenters. The standard InChI is InChI=1S/C29H40O4/c1-21(17-20-33-26(30)16-12-22-9-6-5-7-10-22)11-14-24-23(27(31)32)13-15-25-28(2,3)18-8-19-29(24,25)4/h5-7,9-10,12-13,16,21,24-25H,8,11,14-15,17-20H2,1-4H3,(H,31,32). The summed E-state index contributed by atoms with van der Waals surface area (Å²) in [6, 6.07) is 9.68. The predicted octanol–water partition coefficient (Wildman–Crippen LogP) is 6.91. The predicted molar refractivity (Wildman–Crippen MR) is 133 cm³/mol. The van der Waals surface area contributed by atoms with Crippen molar-refractivity contribution in [1.82, 2.24) is 0 Å². The molecule has 1 fully saturated rings. The van der Waals surface area contributed by atoms with E-state index in [0.717, 1.165) is 37.7 Å². The summed E-state index contributed by atoms with van der Waals surface area (Å²) in [6.07, 6.45) is 12.2. The second-order valence-electron chi connectivity index (χ2n) is 11.0. The second-order valence-corrected chi connectivity index (χ2v) is 11.0. The molecule has 0 amide bonds. The lowest BCUT2D eigenvalue weighted by atomic mass is 9.48. The Hall–Kier alpha value is -2.36. The molecule has 0 bridgehead atoms. The van der Waals surface area contributed by atoms with Gasteiger partial charge in [-0.05, 0) is 78.7 Å². The smallest absolute Gasteiger partial charge is 0.331 e. The van der Waals surface area contributed by atoms with E-state index in [2.05, 4.69) is 27.7 Å². The molecule has 0 heterocycles. The van der Waals surface area contributed by atoms with Crippen molar-refractivity contribution in [2.75, 3.05) is 6.61 Å². The number of ether oxygens (including phenoxy) is 1. The summed E-state index contributed by atoms with van der Waals surface area (Å²) in [4.78, 5) is 24.1. The van der Waals surface area contributed by atoms with Gasteiger partial charge in [-0.3, -0.25) is 0 Å². The van der Waals surface area contributed by atoms with Gasteiger partial charge in [-0.1, -0.05) is 70.5 Å². The van der Waals surface area contributed by atoms with Crippen LogP contribution < -0.4 is 0 Å². The summed E-state index contributed by atoms with van der Waals surface area (Å²) in [6.45, 7) is 9.61. The molecule has 1 N–H and O–H groups in total. The Kier molecular flexibility index (Phi) is 8.20. The Morgan fingerprint density at radius 2 is 1.88 bits per heavy atom. The van der Waals surface area contributed by atoms with Crippen LogP contribution in [0.15, 0.2) is 48.1 Å². The van der Waals surface area contributed by atoms with Gasteiger partial charge < -0.3 is 9.84 Å². The number of aliphatic carboxylic acids is 1. The van der Waals surface area contributed by atoms with E-state index in [1.807, 2.05) is 36.4 Å². The summed E-state index contributed by atoms with van der Waals surface area (Å²) in [5.74, 6) is -0.0952. The van der Waals surface area contributed by atoms with Crippen LogP contribution in [-0.2, 0) is 14.3 Å². The zero-order valence-electron chi connectivity index (χ0n) is 20.7. The molecule has 0 aromatic heterocycles. The quantitative estimate of drug-likeness (QED) is 0.326. The summed E-state index contributed by atoms with van der Waals surface area (Å²) in [5, 5.41) is 9.91. The van der Waals surface area contributed by atoms with Crippen molar-refractivity contribution in [2.45, 2.75) is 72.6 Å². The highest BCUT2D eigenvalue weighted by molar-refractivity contribution is 5.88. The minimum Gasteiger partial charge on any atom is -0.478 e. The number of carbonyl (C=O) groups excluding carboxylic acids is 1. The third kappa shape index (κ3) is 6.16. The van der Waals surface area contributed by atoms with Crippen LogP contribution in [0, 0.1) is 28.6 Å². The Bertz CT molecular complexity index is 882. The number of rotatable bonds is 9. The first-order valence-corrected chi connectivity index (χ1v) is 12.5. The number of hydrogen-bond acceptors (Lipinski definition) is 3. The van der Waals surface area contributed by atoms with Crippen LogP contribution in [0.3, 0.4) is 0 Å². The van der Waals surface area contributed by atoms with Crippen molar-refractivity contribution in [3.63, 3.8) is 0 Å². The topological polar surface area (TPSA) is 63.6 Å². The summed E-state index contributed by atoms with van der Waals surface area (Å²) in [7, 11) is 0. The first-order chi connectivity index (χ1) is 15.6. The van der Waals surface area contributed by atoms with Crippen molar-refractivity contribution in [3.8, 4) is 0 Å². The molecule has 3 rings (SSSR count). The zero-order valence-corrected chi connectivity index (χ0v) is 20.7. The fourth-order valence-electron chi connectivity index (χ4n) is 6.37. The van der Waals surface area contributed by atoms with Gasteiger partial charge in [0.15, 0.2) is 0 Å². The molecule has 0 radical (unpaired) electrons. The van der Waals surface area contributed by atoms with Crippen LogP contribution in [0.5, 0.6) is 0 Å². The van der Waals surface area contributed by atoms with Crippen molar-refractivity contribution in [3.05, 3.63) is 53.6 Å². The molecule has 1 aromatic carbocycles. The highest BCUT2D eigenvalue weighted by atomic mass is 16.5. The van der Waals surface area contributed by atoms with Gasteiger partial charge in [-0.25, -0.2) is 9.59 Å². The summed E-state index contributed by atoms with van der Waals surface area (Å²) in [5.41, 5.74) is 1.88. The maximum absolute atomic E-state index is 12.1. The van der Waals surface area contributed by atoms with Crippen LogP contribution in [0.25, 0.3) is 6.08 Å². The number of allylic oxidation sites excluding steroid dienone is 1. The molecule has 4 heteroatoms. The van der Waals surface area contributed by atoms with Crippen LogP contribution >= 0.6 is 0 Å². The van der Waals surface area contributed by atoms with Gasteiger partial charge >= 0.3 is 11.9 Å². The molecule has 2 aliphatic carbocycles. The fourth-order valence-corrected chi connectivity index (χ4v) is 6.37. The number of esters is 1. The number of benzene rings is 1. The zero-order chi connectivity index (χ0) is 24.1. The van der Waals surface area contributed by atoms with E-state index in [9.17, 15) is 14.7 Å². The number of hydrogen-bond donors (Lipinski definition) is 1. The lowest BCUT2D eigenvalue weighted by Crippen LogP contribution is -2.49. The Morgan fingerprint density at radius 3 is 2.58 bits per heavy atom. The molecular formula is C29H40O4. The second kappa shape index (κ2) is 10.7. The third-order valence-electron chi connectivity index (χ3n) is 8.28. The van der Waals surface area contributed by atoms with Crippen molar-refractivity contribution in [1.29, 1.82) is 0 Å². The highest BCUT2D eigenvalue weighted by Gasteiger charge is 2.53. The van der Waals surface area contributed by atoms with E-state index >= 15 is 0 Å². The Morgan fingerprint density at radius 1 is 1.15 bits per heavy atom. The monoisotopic (exact) mass is 452 g/mol. The molecular weight excluding hydrogens is 412 g/mol. The van der Waals surface area contributed by atoms with Crippen LogP contribution in [0.2, 0.25) is 0 Å². The molecule has 0 saturated heterocycles. The van der Waals surface area contributed by atoms with Crippen LogP contribution in [0.1, 0.15) is 78.2 Å². The maximum atomic E-state index is 12.1. The first kappa shape index (κ1) is 25.3. The van der Waals surface area contributed by atoms with E-state index in [1.165, 1.54) is 18.9 Å². The summed E-state index contributed by atoms with van der Waals surface area (Å²) < 4.78 is 5.39. The molecule has 0 aliphatic heterocycles. The Balaban J connectivity index is 1.53. The number of carboxylic acids is 1. The minimum absolute atomic E-state index is 0.0403. The van der Waals surface area contributed by atoms with Crippen LogP contribution in [0.4, 0.5) is 0 Å². The van der Waals surface area contributed by atoms with Gasteiger partial charge in [-0.15, -0.1) is 0 Å². The van der Waals surface area contributed by atoms with E-state index in [4.69, 9.17) is 4.74 Å². The van der Waals surface area contributed by atoms with Gasteiger partial charge in [0, 0.05) is 11.6 Å². The first-order valence-electron chi connectivity index (χ1n) is 12.5. The van der Waals surface area contributed by atoms with Crippen molar-refractivity contribution < 1.29 is 19.4 Å². The lowest BCUT2D eigenvalue weighted by Gasteiger charge is -2.56. The molecule has 4 atom stereocenters. The Labute approximate surface area is 199 Å². The largest absolute Gasteiger partial charge is 0.478 e. The average Bonchev–Trinajstić information content (AvgIpc) is 2.76. The van der Waals surface area contributed by atoms with E-state index < -0.39 is 5.97 Å². The van der Waals surface area contributed by atoms with Gasteiger partial charge in [0.25, 0.3) is 0 Å². The van der Waals surface area contributed by atoms with E-state index in [-0.39, 0.29) is 22.7 Å². The van der Waals surface area contributed by atoms with Gasteiger partial charge in [0.1, 0.15) is 0 Å². The molecule has 4 nitrogen and oxygen atoms in total. The number of carboxylic acid groups (broad SMARTS) is 1. The van der Waals surface area contributed by atoms with Gasteiger partial charge in [0.2, 0.25) is 0 Å². The van der Waals surface area contributed by atoms with Crippen LogP contribution in [-0.4, -0.2) is 23.7 Å². The highest BCUT2D eigenvalue weighted by Crippen LogP contribution is 2.60. The molecule has 0 spiro atoms. The maximum Gasteiger partial charge on any atom is 0.331 e. The lowest BCUT2D eigenvalue weighted by molar-refractivity contribution is -0.138. The fraction of sp³-hybridized carbons (Fsp3) is 0.586. The van der Waals surface area contributed by atoms with Crippen molar-refractivity contribution >= 4 is 18.0 Å². The van der Waals surface area contributed by atoms with Gasteiger partial charge in [0.05, 0.1) is 6.61 Å². The average molecular weight is 453 g/mol. The minimum atomic E-state index is -0.755. The van der Waals surface area contributed by atoms with Gasteiger partial charge in [-0.2, -0.15) is 0 Å². The van der Waals surface area contributed by atoms with E-state index in [0.29, 0.717) is 24.0 Å². The molecule has 2 aliphatic rings. The molecule has 1 saturated carbocycles. The normalized spacial score (nSPS) is 27.5. The molecule has 33 heavy (non-hydrogen) atoms. The number of fused-ring (bicyclic) bond motifs is 1. The number of carbonyl (C=O) groups is 2. The SMILES string of the molecule is CC(CCOC(=O)C=Cc1ccccc1)CCC1C(C(=O)O)=CCC2C(C)(C)CCCC12C. The molecule has 180 valence electrons. The molecule has 1 aromatic rings.